The third-order valence-corrected chi connectivity index (χ3v) is 5.80. The van der Waals surface area contributed by atoms with Crippen molar-refractivity contribution in [2.24, 2.45) is 0 Å². The van der Waals surface area contributed by atoms with E-state index in [1.54, 1.807) is 17.8 Å². The first-order chi connectivity index (χ1) is 7.99. The van der Waals surface area contributed by atoms with Gasteiger partial charge in [-0.05, 0) is 51.1 Å². The summed E-state index contributed by atoms with van der Waals surface area (Å²) in [5.41, 5.74) is 0.617. The molecule has 0 aliphatic heterocycles. The number of aliphatic hydroxyl groups excluding tert-OH is 1. The van der Waals surface area contributed by atoms with Crippen LogP contribution in [0.5, 0.6) is 0 Å². The van der Waals surface area contributed by atoms with Gasteiger partial charge in [0.1, 0.15) is 0 Å². The molecule has 1 rings (SSSR count). The molecule has 96 valence electrons. The smallest absolute Gasteiger partial charge is 0.253 e. The van der Waals surface area contributed by atoms with E-state index in [4.69, 9.17) is 5.11 Å². The minimum Gasteiger partial charge on any atom is -0.395 e. The second-order valence-corrected chi connectivity index (χ2v) is 8.28. The fourth-order valence-electron chi connectivity index (χ4n) is 1.31. The van der Waals surface area contributed by atoms with E-state index in [2.05, 4.69) is 37.2 Å². The molecule has 1 amide bonds. The summed E-state index contributed by atoms with van der Waals surface area (Å²) in [6.07, 6.45) is 1.92. The van der Waals surface area contributed by atoms with Crippen LogP contribution in [0.15, 0.2) is 13.6 Å². The Morgan fingerprint density at radius 3 is 2.71 bits per heavy atom. The van der Waals surface area contributed by atoms with Crippen molar-refractivity contribution in [1.82, 2.24) is 5.32 Å². The average Bonchev–Trinajstić information content (AvgIpc) is 2.59. The highest BCUT2D eigenvalue weighted by Gasteiger charge is 2.20. The van der Waals surface area contributed by atoms with Gasteiger partial charge in [-0.15, -0.1) is 11.3 Å². The number of aliphatic hydroxyl groups is 1. The Bertz CT molecular complexity index is 394. The predicted octanol–water partition coefficient (Wildman–Crippen LogP) is 3.12. The van der Waals surface area contributed by atoms with Crippen LogP contribution in [0.2, 0.25) is 0 Å². The second-order valence-electron chi connectivity index (χ2n) is 3.46. The van der Waals surface area contributed by atoms with E-state index >= 15 is 0 Å². The van der Waals surface area contributed by atoms with E-state index in [1.807, 2.05) is 13.2 Å². The number of rotatable bonds is 5. The van der Waals surface area contributed by atoms with Crippen LogP contribution in [-0.4, -0.2) is 35.2 Å². The van der Waals surface area contributed by atoms with Gasteiger partial charge < -0.3 is 10.4 Å². The van der Waals surface area contributed by atoms with Crippen molar-refractivity contribution in [2.45, 2.75) is 18.2 Å². The maximum atomic E-state index is 12.0. The lowest BCUT2D eigenvalue weighted by atomic mass is 10.2. The Labute approximate surface area is 126 Å². The van der Waals surface area contributed by atoms with E-state index in [0.717, 1.165) is 7.57 Å². The molecule has 0 fully saturated rings. The van der Waals surface area contributed by atoms with Gasteiger partial charge in [0.05, 0.1) is 19.7 Å². The van der Waals surface area contributed by atoms with E-state index in [1.165, 1.54) is 11.3 Å². The lowest BCUT2D eigenvalue weighted by molar-refractivity contribution is 0.0935. The normalized spacial score (nSPS) is 14.4. The molecule has 17 heavy (non-hydrogen) atoms. The average molecular weight is 403 g/mol. The molecule has 3 nitrogen and oxygen atoms in total. The predicted molar refractivity (Wildman–Crippen MR) is 81.0 cm³/mol. The number of carbonyl (C=O) groups excluding carboxylic acids is 1. The maximum Gasteiger partial charge on any atom is 0.253 e. The van der Waals surface area contributed by atoms with Crippen LogP contribution in [0.4, 0.5) is 0 Å². The molecule has 2 unspecified atom stereocenters. The number of hydrogen-bond donors (Lipinski definition) is 2. The molecule has 2 N–H and O–H groups in total. The quantitative estimate of drug-likeness (QED) is 0.795. The van der Waals surface area contributed by atoms with Crippen molar-refractivity contribution in [3.8, 4) is 0 Å². The number of amides is 1. The van der Waals surface area contributed by atoms with Gasteiger partial charge in [0, 0.05) is 11.3 Å². The minimum atomic E-state index is -0.126. The Morgan fingerprint density at radius 2 is 2.29 bits per heavy atom. The largest absolute Gasteiger partial charge is 0.395 e. The number of thioether (sulfide) groups is 1. The molecule has 0 radical (unpaired) electrons. The van der Waals surface area contributed by atoms with Gasteiger partial charge in [-0.1, -0.05) is 0 Å². The molecule has 0 spiro atoms. The molecule has 0 bridgehead atoms. The molecule has 0 aromatic carbocycles. The molecular weight excluding hydrogens is 390 g/mol. The summed E-state index contributed by atoms with van der Waals surface area (Å²) in [4.78, 5) is 12.0. The van der Waals surface area contributed by atoms with Crippen molar-refractivity contribution >= 4 is 60.9 Å². The van der Waals surface area contributed by atoms with E-state index in [-0.39, 0.29) is 23.8 Å². The standard InChI is InChI=1S/C10H13Br2NO2S2/c1-5(7(4-14)16-2)13-10(15)6-3-8(11)17-9(6)12/h3,5,7,14H,4H2,1-2H3,(H,13,15). The molecule has 0 saturated carbocycles. The molecule has 7 heteroatoms. The van der Waals surface area contributed by atoms with Crippen LogP contribution in [0.1, 0.15) is 17.3 Å². The Kier molecular flexibility index (Phi) is 6.50. The van der Waals surface area contributed by atoms with Crippen molar-refractivity contribution in [3.05, 3.63) is 19.2 Å². The van der Waals surface area contributed by atoms with Crippen LogP contribution in [0, 0.1) is 0 Å². The molecular formula is C10H13Br2NO2S2. The number of nitrogens with one attached hydrogen (secondary N) is 1. The highest BCUT2D eigenvalue weighted by Crippen LogP contribution is 2.31. The maximum absolute atomic E-state index is 12.0. The highest BCUT2D eigenvalue weighted by molar-refractivity contribution is 9.12. The van der Waals surface area contributed by atoms with E-state index in [0.29, 0.717) is 5.56 Å². The fourth-order valence-corrected chi connectivity index (χ4v) is 4.73. The zero-order chi connectivity index (χ0) is 13.0. The Balaban J connectivity index is 2.69. The van der Waals surface area contributed by atoms with Crippen molar-refractivity contribution in [2.75, 3.05) is 12.9 Å². The number of halogens is 2. The van der Waals surface area contributed by atoms with E-state index in [9.17, 15) is 4.79 Å². The van der Waals surface area contributed by atoms with Gasteiger partial charge in [0.25, 0.3) is 5.91 Å². The zero-order valence-electron chi connectivity index (χ0n) is 9.37. The van der Waals surface area contributed by atoms with Crippen LogP contribution in [-0.2, 0) is 0 Å². The second kappa shape index (κ2) is 7.13. The monoisotopic (exact) mass is 401 g/mol. The molecule has 2 atom stereocenters. The third-order valence-electron chi connectivity index (χ3n) is 2.30. The first-order valence-corrected chi connectivity index (χ1v) is 8.58. The molecule has 0 aliphatic rings. The highest BCUT2D eigenvalue weighted by atomic mass is 79.9. The van der Waals surface area contributed by atoms with Gasteiger partial charge in [0.15, 0.2) is 0 Å². The summed E-state index contributed by atoms with van der Waals surface area (Å²) < 4.78 is 1.71. The summed E-state index contributed by atoms with van der Waals surface area (Å²) in [5, 5.41) is 12.1. The van der Waals surface area contributed by atoms with Gasteiger partial charge in [-0.25, -0.2) is 0 Å². The lowest BCUT2D eigenvalue weighted by Gasteiger charge is -2.21. The molecule has 1 aromatic heterocycles. The third kappa shape index (κ3) is 4.24. The summed E-state index contributed by atoms with van der Waals surface area (Å²) in [6.45, 7) is 1.95. The van der Waals surface area contributed by atoms with Crippen LogP contribution >= 0.6 is 55.0 Å². The number of thiophene rings is 1. The van der Waals surface area contributed by atoms with Gasteiger partial charge >= 0.3 is 0 Å². The first-order valence-electron chi connectivity index (χ1n) is 4.89. The summed E-state index contributed by atoms with van der Waals surface area (Å²) in [7, 11) is 0. The summed E-state index contributed by atoms with van der Waals surface area (Å²) in [5.74, 6) is -0.126. The lowest BCUT2D eigenvalue weighted by Crippen LogP contribution is -2.41. The van der Waals surface area contributed by atoms with Crippen LogP contribution in [0.25, 0.3) is 0 Å². The minimum absolute atomic E-state index is 0.0137. The number of hydrogen-bond acceptors (Lipinski definition) is 4. The van der Waals surface area contributed by atoms with Gasteiger partial charge in [0.2, 0.25) is 0 Å². The SMILES string of the molecule is CSC(CO)C(C)NC(=O)c1cc(Br)sc1Br. The van der Waals surface area contributed by atoms with Crippen LogP contribution in [0.3, 0.4) is 0 Å². The molecule has 0 saturated heterocycles. The van der Waals surface area contributed by atoms with Gasteiger partial charge in [-0.2, -0.15) is 11.8 Å². The van der Waals surface area contributed by atoms with Crippen molar-refractivity contribution in [3.63, 3.8) is 0 Å². The summed E-state index contributed by atoms with van der Waals surface area (Å²) in [6, 6.07) is 1.71. The van der Waals surface area contributed by atoms with Gasteiger partial charge in [-0.3, -0.25) is 4.79 Å². The van der Waals surface area contributed by atoms with Crippen molar-refractivity contribution in [1.29, 1.82) is 0 Å². The fraction of sp³-hybridized carbons (Fsp3) is 0.500. The molecule has 0 aliphatic carbocycles. The Hall–Kier alpha value is 0.440. The zero-order valence-corrected chi connectivity index (χ0v) is 14.2. The molecule has 1 heterocycles. The number of carbonyl (C=O) groups is 1. The Morgan fingerprint density at radius 1 is 1.65 bits per heavy atom. The first kappa shape index (κ1) is 15.5. The van der Waals surface area contributed by atoms with E-state index < -0.39 is 0 Å². The van der Waals surface area contributed by atoms with Crippen LogP contribution < -0.4 is 5.32 Å². The molecule has 1 aromatic rings. The summed E-state index contributed by atoms with van der Waals surface area (Å²) >= 11 is 9.69. The topological polar surface area (TPSA) is 49.3 Å². The van der Waals surface area contributed by atoms with Crippen molar-refractivity contribution < 1.29 is 9.90 Å².